The molecule has 1 heterocycles. The van der Waals surface area contributed by atoms with Gasteiger partial charge in [-0.15, -0.1) is 0 Å². The van der Waals surface area contributed by atoms with Crippen molar-refractivity contribution < 1.29 is 38.7 Å². The highest BCUT2D eigenvalue weighted by atomic mass is 16.7. The Labute approximate surface area is 236 Å². The first-order valence-electron chi connectivity index (χ1n) is 14.2. The van der Waals surface area contributed by atoms with Crippen LogP contribution in [-0.2, 0) is 28.5 Å². The maximum Gasteiger partial charge on any atom is 0.223 e. The van der Waals surface area contributed by atoms with Gasteiger partial charge in [-0.1, -0.05) is 20.8 Å². The molecule has 11 atom stereocenters. The zero-order valence-corrected chi connectivity index (χ0v) is 26.1. The number of hydrogen-bond acceptors (Lipinski definition) is 9. The number of rotatable bonds is 17. The summed E-state index contributed by atoms with van der Waals surface area (Å²) in [7, 11) is 7.15. The molecule has 1 fully saturated rings. The minimum Gasteiger partial charge on any atom is -0.388 e. The second-order valence-corrected chi connectivity index (χ2v) is 12.5. The van der Waals surface area contributed by atoms with E-state index in [0.29, 0.717) is 25.3 Å². The zero-order valence-electron chi connectivity index (χ0n) is 26.1. The molecule has 0 saturated carbocycles. The van der Waals surface area contributed by atoms with E-state index in [4.69, 9.17) is 18.9 Å². The van der Waals surface area contributed by atoms with Crippen LogP contribution < -0.4 is 5.32 Å². The molecule has 1 aliphatic rings. The summed E-state index contributed by atoms with van der Waals surface area (Å²) in [6, 6.07) is -0.399. The van der Waals surface area contributed by atoms with Crippen molar-refractivity contribution >= 4 is 12.2 Å². The van der Waals surface area contributed by atoms with E-state index in [2.05, 4.69) is 24.3 Å². The number of nitrogens with zero attached hydrogens (tertiary/aromatic N) is 1. The quantitative estimate of drug-likeness (QED) is 0.230. The van der Waals surface area contributed by atoms with Crippen LogP contribution in [0.15, 0.2) is 0 Å². The Bertz CT molecular complexity index is 751. The highest BCUT2D eigenvalue weighted by Gasteiger charge is 2.44. The summed E-state index contributed by atoms with van der Waals surface area (Å²) in [6.45, 7) is 12.7. The highest BCUT2D eigenvalue weighted by Crippen LogP contribution is 2.36. The first-order chi connectivity index (χ1) is 18.0. The number of ether oxygens (including phenoxy) is 4. The van der Waals surface area contributed by atoms with Crippen molar-refractivity contribution in [3.05, 3.63) is 0 Å². The Morgan fingerprint density at radius 3 is 2.31 bits per heavy atom. The molecule has 39 heavy (non-hydrogen) atoms. The van der Waals surface area contributed by atoms with Crippen molar-refractivity contribution in [1.82, 2.24) is 10.2 Å². The van der Waals surface area contributed by atoms with Gasteiger partial charge in [0.1, 0.15) is 18.0 Å². The normalized spacial score (nSPS) is 27.9. The summed E-state index contributed by atoms with van der Waals surface area (Å²) in [5, 5.41) is 23.9. The number of carbonyl (C=O) groups excluding carboxylic acids is 2. The minimum atomic E-state index is -1.52. The van der Waals surface area contributed by atoms with Crippen LogP contribution in [0.3, 0.4) is 0 Å². The highest BCUT2D eigenvalue weighted by molar-refractivity contribution is 5.78. The molecule has 0 aromatic rings. The predicted molar refractivity (Wildman–Crippen MR) is 150 cm³/mol. The molecule has 230 valence electrons. The molecular weight excluding hydrogens is 504 g/mol. The van der Waals surface area contributed by atoms with E-state index in [9.17, 15) is 19.8 Å². The van der Waals surface area contributed by atoms with Crippen molar-refractivity contribution in [3.63, 3.8) is 0 Å². The molecule has 0 aromatic heterocycles. The van der Waals surface area contributed by atoms with Gasteiger partial charge >= 0.3 is 0 Å². The van der Waals surface area contributed by atoms with Crippen LogP contribution in [0.5, 0.6) is 0 Å². The summed E-state index contributed by atoms with van der Waals surface area (Å²) in [4.78, 5) is 26.8. The lowest BCUT2D eigenvalue weighted by molar-refractivity contribution is -0.264. The van der Waals surface area contributed by atoms with E-state index in [1.807, 2.05) is 27.7 Å². The fraction of sp³-hybridized carbons (Fsp3) is 0.931. The molecule has 0 aromatic carbocycles. The molecule has 6 unspecified atom stereocenters. The monoisotopic (exact) mass is 560 g/mol. The first kappa shape index (κ1) is 35.9. The average Bonchev–Trinajstić information content (AvgIpc) is 2.85. The number of nitrogens with one attached hydrogen (secondary N) is 1. The third-order valence-corrected chi connectivity index (χ3v) is 8.12. The van der Waals surface area contributed by atoms with Crippen molar-refractivity contribution in [2.24, 2.45) is 17.8 Å². The Balaban J connectivity index is 3.12. The van der Waals surface area contributed by atoms with E-state index in [1.54, 1.807) is 21.0 Å². The van der Waals surface area contributed by atoms with E-state index in [1.165, 1.54) is 14.0 Å². The number of aliphatic hydroxyl groups excluding tert-OH is 1. The topological polar surface area (TPSA) is 127 Å². The molecule has 0 radical (unpaired) electrons. The van der Waals surface area contributed by atoms with Crippen LogP contribution in [0.2, 0.25) is 0 Å². The van der Waals surface area contributed by atoms with E-state index < -0.39 is 41.7 Å². The largest absolute Gasteiger partial charge is 0.388 e. The molecule has 0 spiro atoms. The van der Waals surface area contributed by atoms with Gasteiger partial charge < -0.3 is 44.2 Å². The summed E-state index contributed by atoms with van der Waals surface area (Å²) >= 11 is 0. The minimum absolute atomic E-state index is 0.0303. The average molecular weight is 561 g/mol. The van der Waals surface area contributed by atoms with Crippen LogP contribution in [-0.4, -0.2) is 110 Å². The van der Waals surface area contributed by atoms with Crippen LogP contribution in [0.4, 0.5) is 0 Å². The van der Waals surface area contributed by atoms with Crippen LogP contribution in [0, 0.1) is 17.8 Å². The standard InChI is InChI=1S/C29H56N2O8/c1-18(16-32)12-19(2)26(39-24-14-23(31(8)9)13-21(4)38-24)29(7,37-11)15-20(3)27(34)30-22(5)25(33)28(6,35)17-36-10/h16,18-26,33,35H,12-15,17H2,1-11H3,(H,30,34)/t18?,19-,20+,21?,22?,23?,24?,25?,26+,28+,29+/m0/s1. The lowest BCUT2D eigenvalue weighted by atomic mass is 9.79. The first-order valence-corrected chi connectivity index (χ1v) is 14.2. The molecule has 1 saturated heterocycles. The Morgan fingerprint density at radius 2 is 1.79 bits per heavy atom. The van der Waals surface area contributed by atoms with Crippen molar-refractivity contribution in [2.75, 3.05) is 34.9 Å². The summed E-state index contributed by atoms with van der Waals surface area (Å²) in [5.74, 6) is -0.995. The zero-order chi connectivity index (χ0) is 30.1. The molecule has 1 rings (SSSR count). The smallest absolute Gasteiger partial charge is 0.223 e. The van der Waals surface area contributed by atoms with Crippen LogP contribution in [0.25, 0.3) is 0 Å². The van der Waals surface area contributed by atoms with Gasteiger partial charge in [-0.3, -0.25) is 4.79 Å². The molecule has 0 aliphatic carbocycles. The number of carbonyl (C=O) groups is 2. The molecule has 1 aliphatic heterocycles. The van der Waals surface area contributed by atoms with Gasteiger partial charge in [-0.05, 0) is 67.0 Å². The fourth-order valence-electron chi connectivity index (χ4n) is 5.77. The van der Waals surface area contributed by atoms with E-state index in [-0.39, 0.29) is 30.5 Å². The van der Waals surface area contributed by atoms with Crippen LogP contribution in [0.1, 0.15) is 74.1 Å². The number of aldehydes is 1. The predicted octanol–water partition coefficient (Wildman–Crippen LogP) is 2.38. The second-order valence-electron chi connectivity index (χ2n) is 12.5. The summed E-state index contributed by atoms with van der Waals surface area (Å²) < 4.78 is 23.9. The van der Waals surface area contributed by atoms with Gasteiger partial charge in [0.25, 0.3) is 0 Å². The molecule has 0 bridgehead atoms. The van der Waals surface area contributed by atoms with E-state index >= 15 is 0 Å². The fourth-order valence-corrected chi connectivity index (χ4v) is 5.77. The van der Waals surface area contributed by atoms with Crippen molar-refractivity contribution in [2.45, 2.75) is 122 Å². The summed E-state index contributed by atoms with van der Waals surface area (Å²) in [5.41, 5.74) is -2.39. The molecule has 10 heteroatoms. The Kier molecular flexibility index (Phi) is 14.5. The number of hydrogen-bond donors (Lipinski definition) is 3. The third-order valence-electron chi connectivity index (χ3n) is 8.12. The Hall–Kier alpha value is -1.14. The van der Waals surface area contributed by atoms with Crippen molar-refractivity contribution in [3.8, 4) is 0 Å². The van der Waals surface area contributed by atoms with Gasteiger partial charge in [-0.25, -0.2) is 0 Å². The Morgan fingerprint density at radius 1 is 1.18 bits per heavy atom. The van der Waals surface area contributed by atoms with Gasteiger partial charge in [-0.2, -0.15) is 0 Å². The van der Waals surface area contributed by atoms with Crippen LogP contribution >= 0.6 is 0 Å². The lowest BCUT2D eigenvalue weighted by Gasteiger charge is -2.45. The second kappa shape index (κ2) is 15.7. The lowest BCUT2D eigenvalue weighted by Crippen LogP contribution is -2.56. The third kappa shape index (κ3) is 10.6. The van der Waals surface area contributed by atoms with Crippen molar-refractivity contribution in [1.29, 1.82) is 0 Å². The molecule has 3 N–H and O–H groups in total. The number of aliphatic hydroxyl groups is 2. The van der Waals surface area contributed by atoms with E-state index in [0.717, 1.165) is 12.7 Å². The molecule has 10 nitrogen and oxygen atoms in total. The molecule has 1 amide bonds. The maximum atomic E-state index is 13.2. The number of methoxy groups -OCH3 is 2. The van der Waals surface area contributed by atoms with Gasteiger partial charge in [0, 0.05) is 38.5 Å². The molecular formula is C29H56N2O8. The maximum absolute atomic E-state index is 13.2. The van der Waals surface area contributed by atoms with Gasteiger partial charge in [0.05, 0.1) is 30.5 Å². The van der Waals surface area contributed by atoms with Gasteiger partial charge in [0.2, 0.25) is 5.91 Å². The SMILES string of the molecule is COC[C@@](C)(O)C(O)C(C)NC(=O)[C@H](C)C[C@@](C)(OC)[C@H](OC1CC(N(C)C)CC(C)O1)[C@@H](C)CC(C)C=O. The van der Waals surface area contributed by atoms with Gasteiger partial charge in [0.15, 0.2) is 6.29 Å². The summed E-state index contributed by atoms with van der Waals surface area (Å²) in [6.07, 6.45) is 1.40. The number of amides is 1.